The summed E-state index contributed by atoms with van der Waals surface area (Å²) in [7, 11) is 0. The number of carbonyl (C=O) groups excluding carboxylic acids is 1. The highest BCUT2D eigenvalue weighted by molar-refractivity contribution is 5.83. The third kappa shape index (κ3) is 4.27. The van der Waals surface area contributed by atoms with Gasteiger partial charge in [-0.15, -0.1) is 0 Å². The van der Waals surface area contributed by atoms with Crippen molar-refractivity contribution in [2.45, 2.75) is 45.1 Å². The summed E-state index contributed by atoms with van der Waals surface area (Å²) in [6.45, 7) is 2.78. The third-order valence-electron chi connectivity index (χ3n) is 3.50. The first-order valence-electron chi connectivity index (χ1n) is 7.53. The van der Waals surface area contributed by atoms with E-state index in [-0.39, 0.29) is 18.9 Å². The second kappa shape index (κ2) is 7.88. The molecule has 0 spiro atoms. The maximum Gasteiger partial charge on any atom is 0.328 e. The summed E-state index contributed by atoms with van der Waals surface area (Å²) in [5, 5.41) is 13.0. The average molecular weight is 311 g/mol. The zero-order valence-corrected chi connectivity index (χ0v) is 12.7. The number of hydrogen-bond donors (Lipinski definition) is 1. The van der Waals surface area contributed by atoms with Gasteiger partial charge in [-0.05, 0) is 12.8 Å². The molecule has 1 atom stereocenters. The van der Waals surface area contributed by atoms with Gasteiger partial charge in [0.1, 0.15) is 0 Å². The van der Waals surface area contributed by atoms with E-state index in [1.165, 1.54) is 4.90 Å². The molecule has 0 aromatic carbocycles. The molecule has 1 aromatic rings. The number of carbonyl (C=O) groups is 2. The molecule has 1 N–H and O–H groups in total. The smallest absolute Gasteiger partial charge is 0.328 e. The van der Waals surface area contributed by atoms with Gasteiger partial charge in [0, 0.05) is 25.8 Å². The van der Waals surface area contributed by atoms with Gasteiger partial charge in [0.15, 0.2) is 11.9 Å². The van der Waals surface area contributed by atoms with Crippen LogP contribution < -0.4 is 0 Å². The zero-order valence-electron chi connectivity index (χ0n) is 12.7. The van der Waals surface area contributed by atoms with Crippen molar-refractivity contribution in [3.05, 3.63) is 11.7 Å². The molecule has 0 saturated carbocycles. The first kappa shape index (κ1) is 16.4. The highest BCUT2D eigenvalue weighted by atomic mass is 16.5. The van der Waals surface area contributed by atoms with E-state index in [0.29, 0.717) is 37.7 Å². The van der Waals surface area contributed by atoms with Crippen molar-refractivity contribution < 1.29 is 24.0 Å². The molecule has 0 radical (unpaired) electrons. The van der Waals surface area contributed by atoms with Crippen LogP contribution in [-0.4, -0.2) is 57.8 Å². The van der Waals surface area contributed by atoms with Crippen LogP contribution >= 0.6 is 0 Å². The van der Waals surface area contributed by atoms with Gasteiger partial charge < -0.3 is 19.3 Å². The lowest BCUT2D eigenvalue weighted by Gasteiger charge is -2.32. The average Bonchev–Trinajstić information content (AvgIpc) is 2.95. The summed E-state index contributed by atoms with van der Waals surface area (Å²) in [6, 6.07) is -0.888. The summed E-state index contributed by atoms with van der Waals surface area (Å²) < 4.78 is 10.2. The second-order valence-corrected chi connectivity index (χ2v) is 5.22. The van der Waals surface area contributed by atoms with Crippen molar-refractivity contribution in [1.29, 1.82) is 0 Å². The SMILES string of the molecule is CCCc1noc(CCCC(=O)N2CCOCC2C(=O)O)n1. The minimum atomic E-state index is -1.03. The van der Waals surface area contributed by atoms with E-state index >= 15 is 0 Å². The van der Waals surface area contributed by atoms with Crippen molar-refractivity contribution >= 4 is 11.9 Å². The number of carboxylic acid groups (broad SMARTS) is 1. The fourth-order valence-electron chi connectivity index (χ4n) is 2.36. The van der Waals surface area contributed by atoms with Crippen LogP contribution in [0.5, 0.6) is 0 Å². The number of aliphatic carboxylic acids is 1. The lowest BCUT2D eigenvalue weighted by molar-refractivity contribution is -0.158. The quantitative estimate of drug-likeness (QED) is 0.788. The highest BCUT2D eigenvalue weighted by Crippen LogP contribution is 2.12. The van der Waals surface area contributed by atoms with Crippen molar-refractivity contribution in [2.75, 3.05) is 19.8 Å². The van der Waals surface area contributed by atoms with Gasteiger partial charge in [-0.2, -0.15) is 4.98 Å². The Balaban J connectivity index is 1.79. The molecule has 22 heavy (non-hydrogen) atoms. The van der Waals surface area contributed by atoms with Crippen molar-refractivity contribution in [3.63, 3.8) is 0 Å². The van der Waals surface area contributed by atoms with Gasteiger partial charge in [-0.1, -0.05) is 12.1 Å². The zero-order chi connectivity index (χ0) is 15.9. The minimum Gasteiger partial charge on any atom is -0.480 e. The molecule has 8 heteroatoms. The Bertz CT molecular complexity index is 516. The number of morpholine rings is 1. The van der Waals surface area contributed by atoms with Crippen LogP contribution in [0, 0.1) is 0 Å². The maximum absolute atomic E-state index is 12.2. The molecule has 1 aromatic heterocycles. The first-order valence-corrected chi connectivity index (χ1v) is 7.53. The van der Waals surface area contributed by atoms with E-state index in [1.807, 2.05) is 6.92 Å². The number of aryl methyl sites for hydroxylation is 2. The van der Waals surface area contributed by atoms with Gasteiger partial charge >= 0.3 is 5.97 Å². The van der Waals surface area contributed by atoms with Crippen LogP contribution in [0.1, 0.15) is 37.9 Å². The molecule has 1 saturated heterocycles. The summed E-state index contributed by atoms with van der Waals surface area (Å²) in [5.74, 6) is -0.00545. The van der Waals surface area contributed by atoms with Gasteiger partial charge in [0.25, 0.3) is 0 Å². The van der Waals surface area contributed by atoms with Crippen molar-refractivity contribution in [2.24, 2.45) is 0 Å². The molecule has 122 valence electrons. The van der Waals surface area contributed by atoms with Crippen LogP contribution in [0.2, 0.25) is 0 Å². The molecular formula is C14H21N3O5. The fourth-order valence-corrected chi connectivity index (χ4v) is 2.36. The lowest BCUT2D eigenvalue weighted by atomic mass is 10.1. The standard InChI is InChI=1S/C14H21N3O5/c1-2-4-11-15-12(22-16-11)5-3-6-13(18)17-7-8-21-9-10(17)14(19)20/h10H,2-9H2,1H3,(H,19,20). The number of amides is 1. The van der Waals surface area contributed by atoms with E-state index in [0.717, 1.165) is 12.8 Å². The molecule has 1 aliphatic rings. The number of hydrogen-bond acceptors (Lipinski definition) is 6. The predicted octanol–water partition coefficient (Wildman–Crippen LogP) is 0.657. The first-order chi connectivity index (χ1) is 10.6. The molecule has 1 unspecified atom stereocenters. The molecule has 1 aliphatic heterocycles. The largest absolute Gasteiger partial charge is 0.480 e. The van der Waals surface area contributed by atoms with Crippen molar-refractivity contribution in [3.8, 4) is 0 Å². The maximum atomic E-state index is 12.2. The summed E-state index contributed by atoms with van der Waals surface area (Å²) in [4.78, 5) is 28.9. The topological polar surface area (TPSA) is 106 Å². The summed E-state index contributed by atoms with van der Waals surface area (Å²) in [6.07, 6.45) is 3.05. The Hall–Kier alpha value is -1.96. The van der Waals surface area contributed by atoms with Gasteiger partial charge in [-0.3, -0.25) is 4.79 Å². The van der Waals surface area contributed by atoms with Gasteiger partial charge in [0.05, 0.1) is 13.2 Å². The molecule has 1 fully saturated rings. The van der Waals surface area contributed by atoms with Gasteiger partial charge in [-0.25, -0.2) is 4.79 Å². The second-order valence-electron chi connectivity index (χ2n) is 5.22. The molecule has 1 amide bonds. The van der Waals surface area contributed by atoms with Crippen LogP contribution in [-0.2, 0) is 27.2 Å². The molecule has 8 nitrogen and oxygen atoms in total. The molecule has 0 bridgehead atoms. The minimum absolute atomic E-state index is 0.0467. The van der Waals surface area contributed by atoms with Crippen LogP contribution in [0.4, 0.5) is 0 Å². The Morgan fingerprint density at radius 1 is 1.41 bits per heavy atom. The van der Waals surface area contributed by atoms with Crippen LogP contribution in [0.15, 0.2) is 4.52 Å². The molecule has 0 aliphatic carbocycles. The number of ether oxygens (including phenoxy) is 1. The Morgan fingerprint density at radius 2 is 2.23 bits per heavy atom. The van der Waals surface area contributed by atoms with E-state index in [9.17, 15) is 9.59 Å². The lowest BCUT2D eigenvalue weighted by Crippen LogP contribution is -2.52. The number of nitrogens with zero attached hydrogens (tertiary/aromatic N) is 3. The Morgan fingerprint density at radius 3 is 2.95 bits per heavy atom. The monoisotopic (exact) mass is 311 g/mol. The molecule has 2 rings (SSSR count). The fraction of sp³-hybridized carbons (Fsp3) is 0.714. The molecular weight excluding hydrogens is 290 g/mol. The van der Waals surface area contributed by atoms with Gasteiger partial charge in [0.2, 0.25) is 11.8 Å². The summed E-state index contributed by atoms with van der Waals surface area (Å²) in [5.41, 5.74) is 0. The number of aromatic nitrogens is 2. The van der Waals surface area contributed by atoms with E-state index in [1.54, 1.807) is 0 Å². The van der Waals surface area contributed by atoms with E-state index < -0.39 is 12.0 Å². The van der Waals surface area contributed by atoms with Crippen molar-refractivity contribution in [1.82, 2.24) is 15.0 Å². The van der Waals surface area contributed by atoms with Crippen LogP contribution in [0.25, 0.3) is 0 Å². The Labute approximate surface area is 128 Å². The predicted molar refractivity (Wildman–Crippen MR) is 75.2 cm³/mol. The number of carboxylic acids is 1. The highest BCUT2D eigenvalue weighted by Gasteiger charge is 2.32. The normalized spacial score (nSPS) is 18.4. The third-order valence-corrected chi connectivity index (χ3v) is 3.50. The van der Waals surface area contributed by atoms with Crippen LogP contribution in [0.3, 0.4) is 0 Å². The Kier molecular flexibility index (Phi) is 5.88. The van der Waals surface area contributed by atoms with E-state index in [2.05, 4.69) is 10.1 Å². The molecule has 2 heterocycles. The number of rotatable bonds is 7. The van der Waals surface area contributed by atoms with E-state index in [4.69, 9.17) is 14.4 Å². The summed E-state index contributed by atoms with van der Waals surface area (Å²) >= 11 is 0.